The zero-order chi connectivity index (χ0) is 12.1. The Kier molecular flexibility index (Phi) is 3.57. The van der Waals surface area contributed by atoms with Crippen molar-refractivity contribution in [3.8, 4) is 0 Å². The van der Waals surface area contributed by atoms with Crippen molar-refractivity contribution in [3.05, 3.63) is 48.5 Å². The van der Waals surface area contributed by atoms with Gasteiger partial charge in [0.2, 0.25) is 0 Å². The third kappa shape index (κ3) is 3.16. The molecule has 0 N–H and O–H groups in total. The molecule has 0 bridgehead atoms. The average molecular weight is 229 g/mol. The average Bonchev–Trinajstić information content (AvgIpc) is 2.83. The molecular weight excluding hydrogens is 210 g/mol. The SMILES string of the molecule is CC(C)(CCCn1cncn1)c1ccccc1. The van der Waals surface area contributed by atoms with E-state index in [1.165, 1.54) is 5.56 Å². The fourth-order valence-corrected chi connectivity index (χ4v) is 2.06. The van der Waals surface area contributed by atoms with Gasteiger partial charge in [-0.1, -0.05) is 44.2 Å². The van der Waals surface area contributed by atoms with Crippen molar-refractivity contribution in [2.24, 2.45) is 0 Å². The van der Waals surface area contributed by atoms with Gasteiger partial charge < -0.3 is 0 Å². The molecule has 3 nitrogen and oxygen atoms in total. The van der Waals surface area contributed by atoms with Gasteiger partial charge in [-0.25, -0.2) is 4.98 Å². The van der Waals surface area contributed by atoms with Crippen LogP contribution < -0.4 is 0 Å². The van der Waals surface area contributed by atoms with Crippen LogP contribution in [0.15, 0.2) is 43.0 Å². The maximum Gasteiger partial charge on any atom is 0.137 e. The van der Waals surface area contributed by atoms with E-state index in [1.54, 1.807) is 12.7 Å². The second kappa shape index (κ2) is 5.13. The number of benzene rings is 1. The van der Waals surface area contributed by atoms with Gasteiger partial charge in [0.05, 0.1) is 0 Å². The topological polar surface area (TPSA) is 30.7 Å². The van der Waals surface area contributed by atoms with Crippen LogP contribution in [0.5, 0.6) is 0 Å². The molecule has 1 heterocycles. The van der Waals surface area contributed by atoms with E-state index in [2.05, 4.69) is 54.3 Å². The number of nitrogens with zero attached hydrogens (tertiary/aromatic N) is 3. The van der Waals surface area contributed by atoms with E-state index in [4.69, 9.17) is 0 Å². The van der Waals surface area contributed by atoms with Crippen LogP contribution in [0.2, 0.25) is 0 Å². The highest BCUT2D eigenvalue weighted by atomic mass is 15.3. The highest BCUT2D eigenvalue weighted by Gasteiger charge is 2.19. The maximum atomic E-state index is 4.11. The highest BCUT2D eigenvalue weighted by Crippen LogP contribution is 2.28. The van der Waals surface area contributed by atoms with Crippen LogP contribution >= 0.6 is 0 Å². The zero-order valence-electron chi connectivity index (χ0n) is 10.5. The van der Waals surface area contributed by atoms with Crippen LogP contribution in [0.3, 0.4) is 0 Å². The molecule has 0 radical (unpaired) electrons. The summed E-state index contributed by atoms with van der Waals surface area (Å²) >= 11 is 0. The summed E-state index contributed by atoms with van der Waals surface area (Å²) in [4.78, 5) is 3.95. The smallest absolute Gasteiger partial charge is 0.137 e. The fraction of sp³-hybridized carbons (Fsp3) is 0.429. The molecule has 1 aromatic heterocycles. The Balaban J connectivity index is 1.90. The van der Waals surface area contributed by atoms with E-state index in [0.29, 0.717) is 0 Å². The van der Waals surface area contributed by atoms with Crippen LogP contribution in [0.1, 0.15) is 32.3 Å². The molecule has 1 aromatic carbocycles. The minimum Gasteiger partial charge on any atom is -0.253 e. The molecule has 0 spiro atoms. The van der Waals surface area contributed by atoms with Gasteiger partial charge in [0.25, 0.3) is 0 Å². The molecule has 0 amide bonds. The van der Waals surface area contributed by atoms with Gasteiger partial charge in [-0.3, -0.25) is 4.68 Å². The van der Waals surface area contributed by atoms with Crippen molar-refractivity contribution in [1.29, 1.82) is 0 Å². The second-order valence-corrected chi connectivity index (χ2v) is 5.01. The number of rotatable bonds is 5. The Bertz CT molecular complexity index is 432. The Hall–Kier alpha value is -1.64. The van der Waals surface area contributed by atoms with Crippen molar-refractivity contribution >= 4 is 0 Å². The first-order chi connectivity index (χ1) is 8.18. The van der Waals surface area contributed by atoms with Crippen LogP contribution in [0.4, 0.5) is 0 Å². The molecule has 0 saturated heterocycles. The Morgan fingerprint density at radius 3 is 2.59 bits per heavy atom. The van der Waals surface area contributed by atoms with E-state index >= 15 is 0 Å². The largest absolute Gasteiger partial charge is 0.253 e. The summed E-state index contributed by atoms with van der Waals surface area (Å²) in [5.41, 5.74) is 1.63. The monoisotopic (exact) mass is 229 g/mol. The van der Waals surface area contributed by atoms with E-state index in [9.17, 15) is 0 Å². The van der Waals surface area contributed by atoms with Crippen molar-refractivity contribution < 1.29 is 0 Å². The summed E-state index contributed by atoms with van der Waals surface area (Å²) in [5.74, 6) is 0. The summed E-state index contributed by atoms with van der Waals surface area (Å²) in [5, 5.41) is 4.11. The van der Waals surface area contributed by atoms with Crippen LogP contribution in [0.25, 0.3) is 0 Å². The molecule has 0 aliphatic carbocycles. The molecule has 90 valence electrons. The molecule has 17 heavy (non-hydrogen) atoms. The lowest BCUT2D eigenvalue weighted by Gasteiger charge is -2.25. The van der Waals surface area contributed by atoms with Gasteiger partial charge >= 0.3 is 0 Å². The number of aromatic nitrogens is 3. The summed E-state index contributed by atoms with van der Waals surface area (Å²) in [6, 6.07) is 10.7. The lowest BCUT2D eigenvalue weighted by molar-refractivity contribution is 0.428. The second-order valence-electron chi connectivity index (χ2n) is 5.01. The van der Waals surface area contributed by atoms with Crippen LogP contribution in [0, 0.1) is 0 Å². The van der Waals surface area contributed by atoms with Crippen molar-refractivity contribution in [3.63, 3.8) is 0 Å². The Morgan fingerprint density at radius 2 is 1.94 bits per heavy atom. The van der Waals surface area contributed by atoms with Crippen molar-refractivity contribution in [2.75, 3.05) is 0 Å². The fourth-order valence-electron chi connectivity index (χ4n) is 2.06. The molecule has 0 fully saturated rings. The predicted molar refractivity (Wildman–Crippen MR) is 68.7 cm³/mol. The molecule has 3 heteroatoms. The molecule has 2 rings (SSSR count). The van der Waals surface area contributed by atoms with Gasteiger partial charge in [-0.15, -0.1) is 0 Å². The Labute approximate surface area is 103 Å². The first kappa shape index (κ1) is 11.8. The van der Waals surface area contributed by atoms with Crippen LogP contribution in [-0.2, 0) is 12.0 Å². The lowest BCUT2D eigenvalue weighted by atomic mass is 9.80. The quantitative estimate of drug-likeness (QED) is 0.789. The molecular formula is C14H19N3. The van der Waals surface area contributed by atoms with Gasteiger partial charge in [0.1, 0.15) is 12.7 Å². The van der Waals surface area contributed by atoms with E-state index in [-0.39, 0.29) is 5.41 Å². The standard InChI is InChI=1S/C14H19N3/c1-14(2,13-7-4-3-5-8-13)9-6-10-17-12-15-11-16-17/h3-5,7-8,11-12H,6,9-10H2,1-2H3. The third-order valence-corrected chi connectivity index (χ3v) is 3.21. The minimum atomic E-state index is 0.224. The number of aryl methyl sites for hydroxylation is 1. The van der Waals surface area contributed by atoms with Gasteiger partial charge in [-0.2, -0.15) is 5.10 Å². The highest BCUT2D eigenvalue weighted by molar-refractivity contribution is 5.23. The minimum absolute atomic E-state index is 0.224. The third-order valence-electron chi connectivity index (χ3n) is 3.21. The molecule has 0 saturated carbocycles. The summed E-state index contributed by atoms with van der Waals surface area (Å²) < 4.78 is 1.89. The van der Waals surface area contributed by atoms with E-state index < -0.39 is 0 Å². The number of hydrogen-bond donors (Lipinski definition) is 0. The maximum absolute atomic E-state index is 4.11. The molecule has 0 atom stereocenters. The van der Waals surface area contributed by atoms with Crippen molar-refractivity contribution in [2.45, 2.75) is 38.6 Å². The zero-order valence-corrected chi connectivity index (χ0v) is 10.5. The molecule has 0 aliphatic heterocycles. The summed E-state index contributed by atoms with van der Waals surface area (Å²) in [6.45, 7) is 5.53. The first-order valence-electron chi connectivity index (χ1n) is 6.06. The first-order valence-corrected chi connectivity index (χ1v) is 6.06. The predicted octanol–water partition coefficient (Wildman–Crippen LogP) is 3.04. The normalized spacial score (nSPS) is 11.6. The lowest BCUT2D eigenvalue weighted by Crippen LogP contribution is -2.17. The molecule has 0 unspecified atom stereocenters. The molecule has 0 aliphatic rings. The van der Waals surface area contributed by atoms with Crippen LogP contribution in [-0.4, -0.2) is 14.8 Å². The van der Waals surface area contributed by atoms with E-state index in [1.807, 2.05) is 4.68 Å². The van der Waals surface area contributed by atoms with Gasteiger partial charge in [-0.05, 0) is 23.8 Å². The summed E-state index contributed by atoms with van der Waals surface area (Å²) in [7, 11) is 0. The van der Waals surface area contributed by atoms with E-state index in [0.717, 1.165) is 19.4 Å². The molecule has 2 aromatic rings. The van der Waals surface area contributed by atoms with Gasteiger partial charge in [0, 0.05) is 6.54 Å². The summed E-state index contributed by atoms with van der Waals surface area (Å²) in [6.07, 6.45) is 5.62. The number of hydrogen-bond acceptors (Lipinski definition) is 2. The van der Waals surface area contributed by atoms with Crippen molar-refractivity contribution in [1.82, 2.24) is 14.8 Å². The Morgan fingerprint density at radius 1 is 1.18 bits per heavy atom. The van der Waals surface area contributed by atoms with Gasteiger partial charge in [0.15, 0.2) is 0 Å².